The van der Waals surface area contributed by atoms with E-state index in [9.17, 15) is 33.8 Å². The summed E-state index contributed by atoms with van der Waals surface area (Å²) < 4.78 is 32.8. The number of likely N-dealkylation sites (tertiary alicyclic amines) is 2. The van der Waals surface area contributed by atoms with Gasteiger partial charge in [0, 0.05) is 54.9 Å². The number of amides is 3. The van der Waals surface area contributed by atoms with Crippen LogP contribution in [0.1, 0.15) is 73.1 Å². The van der Waals surface area contributed by atoms with Gasteiger partial charge in [-0.25, -0.2) is 9.37 Å². The Morgan fingerprint density at radius 1 is 0.942 bits per heavy atom. The summed E-state index contributed by atoms with van der Waals surface area (Å²) in [6, 6.07) is 23.0. The van der Waals surface area contributed by atoms with Gasteiger partial charge in [-0.2, -0.15) is 0 Å². The minimum atomic E-state index is -0.967. The molecule has 0 radical (unpaired) electrons. The van der Waals surface area contributed by atoms with Crippen molar-refractivity contribution in [2.24, 2.45) is 5.41 Å². The molecule has 4 heterocycles. The Balaban J connectivity index is 0.762. The number of carbonyl (C=O) groups excluding carboxylic acids is 4. The molecule has 17 heteroatoms. The van der Waals surface area contributed by atoms with E-state index in [1.165, 1.54) is 29.2 Å². The maximum Gasteiger partial charge on any atom is 0.246 e. The number of aliphatic hydroxyl groups is 1. The number of thiazole rings is 1. The van der Waals surface area contributed by atoms with Crippen molar-refractivity contribution in [1.29, 1.82) is 0 Å². The summed E-state index contributed by atoms with van der Waals surface area (Å²) in [7, 11) is 0. The summed E-state index contributed by atoms with van der Waals surface area (Å²) in [6.07, 6.45) is -0.151. The fraction of sp³-hybridized carbons (Fsp3) is 0.365. The molecule has 4 atom stereocenters. The molecule has 0 spiro atoms. The minimum Gasteiger partial charge on any atom is -0.508 e. The first-order valence-corrected chi connectivity index (χ1v) is 24.6. The average Bonchev–Trinajstić information content (AvgIpc) is 4.02. The Labute approximate surface area is 408 Å². The maximum absolute atomic E-state index is 14.1. The molecule has 2 aliphatic rings. The van der Waals surface area contributed by atoms with Gasteiger partial charge in [-0.15, -0.1) is 22.7 Å². The van der Waals surface area contributed by atoms with Crippen molar-refractivity contribution in [3.8, 4) is 33.4 Å². The highest BCUT2D eigenvalue weighted by molar-refractivity contribution is 7.21. The Hall–Kier alpha value is -6.24. The van der Waals surface area contributed by atoms with Gasteiger partial charge in [0.05, 0.1) is 28.2 Å². The first-order chi connectivity index (χ1) is 33.0. The number of aryl methyl sites for hydroxylation is 1. The van der Waals surface area contributed by atoms with Crippen molar-refractivity contribution in [2.45, 2.75) is 77.8 Å². The predicted molar refractivity (Wildman–Crippen MR) is 262 cm³/mol. The lowest BCUT2D eigenvalue weighted by Gasteiger charge is -2.39. The number of phenolic OH excluding ortho intramolecular Hbond substituents is 1. The Morgan fingerprint density at radius 2 is 1.68 bits per heavy atom. The van der Waals surface area contributed by atoms with Crippen LogP contribution in [0.5, 0.6) is 23.0 Å². The van der Waals surface area contributed by atoms with E-state index in [2.05, 4.69) is 20.5 Å². The lowest BCUT2D eigenvalue weighted by molar-refractivity contribution is -0.144. The summed E-state index contributed by atoms with van der Waals surface area (Å²) in [4.78, 5) is 63.7. The molecule has 0 bridgehead atoms. The van der Waals surface area contributed by atoms with E-state index >= 15 is 0 Å². The number of fused-ring (bicyclic) bond motifs is 1. The fourth-order valence-electron chi connectivity index (χ4n) is 8.52. The van der Waals surface area contributed by atoms with E-state index in [1.807, 2.05) is 64.4 Å². The number of β-amino-alcohol motifs (C(OH)–C–C–N with tert-alkyl or cyclic N) is 1. The number of nitrogens with zero attached hydrogens (tertiary/aromatic N) is 3. The quantitative estimate of drug-likeness (QED) is 0.0484. The third kappa shape index (κ3) is 11.8. The number of halogens is 1. The normalized spacial score (nSPS) is 17.3. The lowest BCUT2D eigenvalue weighted by Crippen LogP contribution is -2.58. The second kappa shape index (κ2) is 21.2. The van der Waals surface area contributed by atoms with Crippen LogP contribution in [0.25, 0.3) is 20.5 Å². The van der Waals surface area contributed by atoms with Crippen LogP contribution in [0.15, 0.2) is 96.5 Å². The summed E-state index contributed by atoms with van der Waals surface area (Å²) in [5, 5.41) is 27.2. The monoisotopic (exact) mass is 977 g/mol. The highest BCUT2D eigenvalue weighted by Crippen LogP contribution is 2.43. The largest absolute Gasteiger partial charge is 0.508 e. The Morgan fingerprint density at radius 3 is 2.38 bits per heavy atom. The number of aliphatic hydroxyl groups excluding tert-OH is 1. The molecule has 14 nitrogen and oxygen atoms in total. The molecular formula is C52H56FN5O9S2. The van der Waals surface area contributed by atoms with Gasteiger partial charge in [-0.3, -0.25) is 24.1 Å². The summed E-state index contributed by atoms with van der Waals surface area (Å²) in [6.45, 7) is 11.6. The maximum atomic E-state index is 14.1. The van der Waals surface area contributed by atoms with Crippen LogP contribution in [-0.4, -0.2) is 112 Å². The van der Waals surface area contributed by atoms with Gasteiger partial charge in [-0.1, -0.05) is 57.2 Å². The standard InChI is InChI=1S/C52H56FN5O9S2/c1-30(32-10-12-33(13-11-32)47-31(2)54-29-68-47)55-50(63)42-23-37(60)25-58(42)51(64)49(52(3,4)5)56-44(61)28-65-21-7-20-57-26-40(27-57)66-38-15-17-39(18-16-38)67-46-41-19-14-36(59)24-43(41)69-48(46)45(62)34-8-6-9-35(53)22-34/h6,8-19,22,24,29-30,37,40,42,49,59-60H,7,20-21,23,25-28H2,1-5H3,(H,55,63)(H,56,61)/t30-,37?,42?,49+/m0/s1. The third-order valence-electron chi connectivity index (χ3n) is 12.2. The van der Waals surface area contributed by atoms with Gasteiger partial charge in [0.15, 0.2) is 5.75 Å². The zero-order valence-corrected chi connectivity index (χ0v) is 40.7. The summed E-state index contributed by atoms with van der Waals surface area (Å²) in [5.41, 5.74) is 4.19. The Kier molecular flexibility index (Phi) is 15.1. The van der Waals surface area contributed by atoms with Gasteiger partial charge in [0.25, 0.3) is 0 Å². The van der Waals surface area contributed by atoms with Crippen LogP contribution in [0.4, 0.5) is 4.39 Å². The van der Waals surface area contributed by atoms with Crippen LogP contribution in [0.2, 0.25) is 0 Å². The van der Waals surface area contributed by atoms with E-state index < -0.39 is 41.2 Å². The molecule has 3 amide bonds. The third-order valence-corrected chi connectivity index (χ3v) is 14.4. The molecule has 0 saturated carbocycles. The average molecular weight is 978 g/mol. The molecule has 8 rings (SSSR count). The van der Waals surface area contributed by atoms with Crippen molar-refractivity contribution < 1.29 is 48.0 Å². The van der Waals surface area contributed by atoms with Crippen LogP contribution in [-0.2, 0) is 19.1 Å². The van der Waals surface area contributed by atoms with Crippen LogP contribution < -0.4 is 20.1 Å². The molecule has 362 valence electrons. The zero-order chi connectivity index (χ0) is 49.0. The van der Waals surface area contributed by atoms with Crippen molar-refractivity contribution in [3.05, 3.63) is 124 Å². The number of hydrogen-bond donors (Lipinski definition) is 4. The lowest BCUT2D eigenvalue weighted by atomic mass is 9.85. The number of ether oxygens (including phenoxy) is 3. The second-order valence-corrected chi connectivity index (χ2v) is 20.5. The second-order valence-electron chi connectivity index (χ2n) is 18.6. The van der Waals surface area contributed by atoms with Crippen molar-refractivity contribution in [2.75, 3.05) is 39.4 Å². The molecule has 4 aromatic carbocycles. The number of hydrogen-bond acceptors (Lipinski definition) is 13. The molecule has 4 N–H and O–H groups in total. The summed E-state index contributed by atoms with van der Waals surface area (Å²) in [5.74, 6) is -0.677. The van der Waals surface area contributed by atoms with Gasteiger partial charge >= 0.3 is 0 Å². The molecule has 0 aliphatic carbocycles. The van der Waals surface area contributed by atoms with Crippen LogP contribution in [0, 0.1) is 18.2 Å². The number of phenols is 1. The first-order valence-electron chi connectivity index (χ1n) is 22.9. The number of rotatable bonds is 18. The molecule has 6 aromatic rings. The molecule has 2 fully saturated rings. The van der Waals surface area contributed by atoms with E-state index in [-0.39, 0.29) is 59.6 Å². The topological polar surface area (TPSA) is 180 Å². The SMILES string of the molecule is Cc1ncsc1-c1ccc([C@H](C)NC(=O)C2CC(O)CN2C(=O)[C@@H](NC(=O)COCCCN2CC(Oc3ccc(Oc4c(C(=O)c5cccc(F)c5)sc5cc(O)ccc45)cc3)C2)C(C)(C)C)cc1. The van der Waals surface area contributed by atoms with Gasteiger partial charge in [0.2, 0.25) is 23.5 Å². The number of ketones is 1. The zero-order valence-electron chi connectivity index (χ0n) is 39.1. The van der Waals surface area contributed by atoms with E-state index in [0.717, 1.165) is 39.6 Å². The molecule has 2 aromatic heterocycles. The molecule has 2 saturated heterocycles. The van der Waals surface area contributed by atoms with Gasteiger partial charge in [-0.05, 0) is 91.4 Å². The van der Waals surface area contributed by atoms with Crippen LogP contribution >= 0.6 is 22.7 Å². The number of aromatic nitrogens is 1. The number of carbonyl (C=O) groups is 4. The van der Waals surface area contributed by atoms with Gasteiger partial charge < -0.3 is 40.0 Å². The van der Waals surface area contributed by atoms with E-state index in [1.54, 1.807) is 53.8 Å². The molecule has 2 unspecified atom stereocenters. The molecule has 2 aliphatic heterocycles. The summed E-state index contributed by atoms with van der Waals surface area (Å²) >= 11 is 2.73. The fourth-order valence-corrected chi connectivity index (χ4v) is 10.5. The van der Waals surface area contributed by atoms with Crippen molar-refractivity contribution >= 4 is 56.3 Å². The number of thiophene rings is 1. The van der Waals surface area contributed by atoms with E-state index in [4.69, 9.17) is 14.2 Å². The Bertz CT molecular complexity index is 2800. The minimum absolute atomic E-state index is 0.0233. The molecular weight excluding hydrogens is 922 g/mol. The van der Waals surface area contributed by atoms with E-state index in [0.29, 0.717) is 53.5 Å². The van der Waals surface area contributed by atoms with Crippen LogP contribution in [0.3, 0.4) is 0 Å². The smallest absolute Gasteiger partial charge is 0.246 e. The van der Waals surface area contributed by atoms with Gasteiger partial charge in [0.1, 0.15) is 52.7 Å². The number of benzene rings is 4. The number of aromatic hydroxyl groups is 1. The number of nitrogens with one attached hydrogen (secondary N) is 2. The first kappa shape index (κ1) is 49.2. The van der Waals surface area contributed by atoms with Crippen molar-refractivity contribution in [1.82, 2.24) is 25.4 Å². The predicted octanol–water partition coefficient (Wildman–Crippen LogP) is 8.04. The van der Waals surface area contributed by atoms with Crippen molar-refractivity contribution in [3.63, 3.8) is 0 Å². The highest BCUT2D eigenvalue weighted by atomic mass is 32.1. The highest BCUT2D eigenvalue weighted by Gasteiger charge is 2.45. The molecule has 69 heavy (non-hydrogen) atoms.